The zero-order valence-corrected chi connectivity index (χ0v) is 12.2. The zero-order valence-electron chi connectivity index (χ0n) is 11.3. The first-order valence-electron chi connectivity index (χ1n) is 5.90. The number of nitrogens with one attached hydrogen (secondary N) is 1. The SMILES string of the molecule is C=C(C)COCCNS(=O)(=O)c1ccc([N+](=O)[O-])cc1F. The van der Waals surface area contributed by atoms with Crippen LogP contribution in [0.25, 0.3) is 0 Å². The van der Waals surface area contributed by atoms with Crippen LogP contribution in [0.2, 0.25) is 0 Å². The van der Waals surface area contributed by atoms with E-state index in [-0.39, 0.29) is 13.2 Å². The van der Waals surface area contributed by atoms with Crippen LogP contribution in [0.4, 0.5) is 10.1 Å². The van der Waals surface area contributed by atoms with Crippen LogP contribution in [-0.2, 0) is 14.8 Å². The molecule has 0 atom stereocenters. The van der Waals surface area contributed by atoms with Crippen molar-refractivity contribution in [3.05, 3.63) is 46.3 Å². The van der Waals surface area contributed by atoms with Gasteiger partial charge in [-0.05, 0) is 13.0 Å². The Kier molecular flexibility index (Phi) is 5.94. The van der Waals surface area contributed by atoms with Gasteiger partial charge < -0.3 is 4.74 Å². The molecule has 21 heavy (non-hydrogen) atoms. The van der Waals surface area contributed by atoms with E-state index in [4.69, 9.17) is 4.74 Å². The van der Waals surface area contributed by atoms with Crippen LogP contribution in [0.5, 0.6) is 0 Å². The van der Waals surface area contributed by atoms with E-state index in [1.807, 2.05) is 0 Å². The van der Waals surface area contributed by atoms with Gasteiger partial charge in [0.1, 0.15) is 10.7 Å². The van der Waals surface area contributed by atoms with Gasteiger partial charge in [0.25, 0.3) is 5.69 Å². The van der Waals surface area contributed by atoms with Gasteiger partial charge >= 0.3 is 0 Å². The summed E-state index contributed by atoms with van der Waals surface area (Å²) in [6, 6.07) is 2.34. The Bertz CT molecular complexity index is 645. The molecule has 0 fully saturated rings. The molecule has 0 saturated heterocycles. The fraction of sp³-hybridized carbons (Fsp3) is 0.333. The average molecular weight is 318 g/mol. The molecule has 0 aliphatic rings. The van der Waals surface area contributed by atoms with Gasteiger partial charge in [0.2, 0.25) is 10.0 Å². The van der Waals surface area contributed by atoms with Crippen molar-refractivity contribution in [2.75, 3.05) is 19.8 Å². The molecule has 9 heteroatoms. The predicted molar refractivity (Wildman–Crippen MR) is 73.9 cm³/mol. The lowest BCUT2D eigenvalue weighted by Crippen LogP contribution is -2.28. The summed E-state index contributed by atoms with van der Waals surface area (Å²) in [5.74, 6) is -1.18. The lowest BCUT2D eigenvalue weighted by Gasteiger charge is -2.08. The first kappa shape index (κ1) is 17.2. The van der Waals surface area contributed by atoms with Crippen LogP contribution >= 0.6 is 0 Å². The summed E-state index contributed by atoms with van der Waals surface area (Å²) in [5, 5.41) is 10.5. The Morgan fingerprint density at radius 1 is 1.52 bits per heavy atom. The number of halogens is 1. The van der Waals surface area contributed by atoms with E-state index in [1.54, 1.807) is 6.92 Å². The van der Waals surface area contributed by atoms with Gasteiger partial charge in [0.05, 0.1) is 24.2 Å². The summed E-state index contributed by atoms with van der Waals surface area (Å²) in [6.45, 7) is 5.72. The van der Waals surface area contributed by atoms with Crippen LogP contribution in [0, 0.1) is 15.9 Å². The topological polar surface area (TPSA) is 98.5 Å². The van der Waals surface area contributed by atoms with E-state index >= 15 is 0 Å². The number of ether oxygens (including phenoxy) is 1. The zero-order chi connectivity index (χ0) is 16.0. The van der Waals surface area contributed by atoms with Crippen molar-refractivity contribution in [1.82, 2.24) is 4.72 Å². The average Bonchev–Trinajstić information content (AvgIpc) is 2.37. The number of hydrogen-bond acceptors (Lipinski definition) is 5. The van der Waals surface area contributed by atoms with Crippen LogP contribution in [-0.4, -0.2) is 33.1 Å². The normalized spacial score (nSPS) is 11.3. The summed E-state index contributed by atoms with van der Waals surface area (Å²) in [4.78, 5) is 9.01. The van der Waals surface area contributed by atoms with Crippen molar-refractivity contribution in [2.45, 2.75) is 11.8 Å². The molecule has 0 unspecified atom stereocenters. The lowest BCUT2D eigenvalue weighted by atomic mass is 10.3. The lowest BCUT2D eigenvalue weighted by molar-refractivity contribution is -0.385. The molecule has 1 N–H and O–H groups in total. The molecule has 0 amide bonds. The fourth-order valence-electron chi connectivity index (χ4n) is 1.39. The molecule has 1 aromatic carbocycles. The number of non-ortho nitro benzene ring substituents is 1. The molecule has 1 aromatic rings. The highest BCUT2D eigenvalue weighted by Crippen LogP contribution is 2.20. The minimum atomic E-state index is -4.08. The molecule has 7 nitrogen and oxygen atoms in total. The highest BCUT2D eigenvalue weighted by Gasteiger charge is 2.21. The van der Waals surface area contributed by atoms with Gasteiger partial charge in [-0.25, -0.2) is 17.5 Å². The van der Waals surface area contributed by atoms with E-state index in [2.05, 4.69) is 11.3 Å². The number of nitro benzene ring substituents is 1. The Morgan fingerprint density at radius 2 is 2.19 bits per heavy atom. The molecule has 0 radical (unpaired) electrons. The van der Waals surface area contributed by atoms with E-state index in [0.717, 1.165) is 17.7 Å². The summed E-state index contributed by atoms with van der Waals surface area (Å²) >= 11 is 0. The standard InChI is InChI=1S/C12H15FN2O5S/c1-9(2)8-20-6-5-14-21(18,19)12-4-3-10(15(16)17)7-11(12)13/h3-4,7,14H,1,5-6,8H2,2H3. The number of rotatable bonds is 8. The maximum atomic E-state index is 13.6. The van der Waals surface area contributed by atoms with E-state index in [0.29, 0.717) is 12.7 Å². The van der Waals surface area contributed by atoms with Crippen LogP contribution in [0.15, 0.2) is 35.2 Å². The highest BCUT2D eigenvalue weighted by molar-refractivity contribution is 7.89. The van der Waals surface area contributed by atoms with Crippen molar-refractivity contribution in [2.24, 2.45) is 0 Å². The Hall–Kier alpha value is -1.84. The smallest absolute Gasteiger partial charge is 0.272 e. The van der Waals surface area contributed by atoms with Gasteiger partial charge in [0.15, 0.2) is 0 Å². The van der Waals surface area contributed by atoms with Crippen LogP contribution < -0.4 is 4.72 Å². The second-order valence-corrected chi connectivity index (χ2v) is 6.01. The Balaban J connectivity index is 2.70. The van der Waals surface area contributed by atoms with Gasteiger partial charge in [-0.3, -0.25) is 10.1 Å². The largest absolute Gasteiger partial charge is 0.376 e. The molecule has 0 spiro atoms. The second-order valence-electron chi connectivity index (χ2n) is 4.28. The summed E-state index contributed by atoms with van der Waals surface area (Å²) in [5.41, 5.74) is 0.274. The number of hydrogen-bond donors (Lipinski definition) is 1. The van der Waals surface area contributed by atoms with Gasteiger partial charge in [-0.15, -0.1) is 0 Å². The quantitative estimate of drug-likeness (QED) is 0.340. The number of sulfonamides is 1. The molecule has 0 bridgehead atoms. The summed E-state index contributed by atoms with van der Waals surface area (Å²) in [6.07, 6.45) is 0. The number of nitrogens with zero attached hydrogens (tertiary/aromatic N) is 1. The Morgan fingerprint density at radius 3 is 2.71 bits per heavy atom. The molecule has 0 heterocycles. The maximum Gasteiger partial charge on any atom is 0.272 e. The van der Waals surface area contributed by atoms with Crippen molar-refractivity contribution < 1.29 is 22.5 Å². The first-order valence-corrected chi connectivity index (χ1v) is 7.38. The second kappa shape index (κ2) is 7.25. The summed E-state index contributed by atoms with van der Waals surface area (Å²) in [7, 11) is -4.08. The fourth-order valence-corrected chi connectivity index (χ4v) is 2.46. The monoisotopic (exact) mass is 318 g/mol. The van der Waals surface area contributed by atoms with Crippen molar-refractivity contribution in [3.8, 4) is 0 Å². The third-order valence-corrected chi connectivity index (χ3v) is 3.80. The molecule has 0 saturated carbocycles. The van der Waals surface area contributed by atoms with E-state index in [1.165, 1.54) is 0 Å². The maximum absolute atomic E-state index is 13.6. The molecular formula is C12H15FN2O5S. The number of benzene rings is 1. The predicted octanol–water partition coefficient (Wildman–Crippen LogP) is 1.60. The van der Waals surface area contributed by atoms with E-state index in [9.17, 15) is 22.9 Å². The van der Waals surface area contributed by atoms with E-state index < -0.39 is 31.3 Å². The van der Waals surface area contributed by atoms with Gasteiger partial charge in [-0.1, -0.05) is 12.2 Å². The van der Waals surface area contributed by atoms with Crippen molar-refractivity contribution in [1.29, 1.82) is 0 Å². The molecule has 116 valence electrons. The molecule has 0 aliphatic heterocycles. The number of nitro groups is 1. The third kappa shape index (κ3) is 5.21. The van der Waals surface area contributed by atoms with Crippen molar-refractivity contribution >= 4 is 15.7 Å². The van der Waals surface area contributed by atoms with Crippen LogP contribution in [0.3, 0.4) is 0 Å². The Labute approximate surface area is 121 Å². The molecule has 0 aliphatic carbocycles. The molecule has 1 rings (SSSR count). The highest BCUT2D eigenvalue weighted by atomic mass is 32.2. The van der Waals surface area contributed by atoms with Gasteiger partial charge in [0, 0.05) is 12.6 Å². The van der Waals surface area contributed by atoms with Crippen LogP contribution in [0.1, 0.15) is 6.92 Å². The molecule has 0 aromatic heterocycles. The minimum absolute atomic E-state index is 0.0496. The first-order chi connectivity index (χ1) is 9.74. The summed E-state index contributed by atoms with van der Waals surface area (Å²) < 4.78 is 44.5. The van der Waals surface area contributed by atoms with Crippen molar-refractivity contribution in [3.63, 3.8) is 0 Å². The molecular weight excluding hydrogens is 303 g/mol. The third-order valence-electron chi connectivity index (χ3n) is 2.30. The minimum Gasteiger partial charge on any atom is -0.376 e. The van der Waals surface area contributed by atoms with Gasteiger partial charge in [-0.2, -0.15) is 0 Å².